The molecule has 0 aliphatic rings. The molecule has 2 rings (SSSR count). The van der Waals surface area contributed by atoms with Crippen molar-refractivity contribution in [3.63, 3.8) is 0 Å². The minimum absolute atomic E-state index is 0.169. The summed E-state index contributed by atoms with van der Waals surface area (Å²) in [6.45, 7) is 9.04. The van der Waals surface area contributed by atoms with Crippen molar-refractivity contribution >= 4 is 5.91 Å². The number of hydrogen-bond acceptors (Lipinski definition) is 3. The number of likely N-dealkylation sites (N-methyl/N-ethyl adjacent to an activating group) is 1. The highest BCUT2D eigenvalue weighted by atomic mass is 19.1. The summed E-state index contributed by atoms with van der Waals surface area (Å²) in [5, 5.41) is 10.3. The van der Waals surface area contributed by atoms with Crippen LogP contribution in [0, 0.1) is 19.7 Å². The third-order valence-electron chi connectivity index (χ3n) is 3.57. The molecule has 0 saturated carbocycles. The number of aryl methyl sites for hydroxylation is 2. The Morgan fingerprint density at radius 1 is 1.35 bits per heavy atom. The Balaban J connectivity index is 2.13. The number of aromatic nitrogens is 2. The zero-order chi connectivity index (χ0) is 17.0. The van der Waals surface area contributed by atoms with E-state index >= 15 is 0 Å². The van der Waals surface area contributed by atoms with Gasteiger partial charge in [-0.1, -0.05) is 6.92 Å². The Morgan fingerprint density at radius 2 is 2.09 bits per heavy atom. The van der Waals surface area contributed by atoms with Gasteiger partial charge in [-0.05, 0) is 51.6 Å². The van der Waals surface area contributed by atoms with E-state index in [0.29, 0.717) is 17.8 Å². The lowest BCUT2D eigenvalue weighted by atomic mass is 10.1. The fraction of sp³-hybridized carbons (Fsp3) is 0.412. The highest BCUT2D eigenvalue weighted by molar-refractivity contribution is 5.94. The molecule has 1 heterocycles. The van der Waals surface area contributed by atoms with Gasteiger partial charge in [0.1, 0.15) is 11.5 Å². The molecule has 2 aromatic rings. The quantitative estimate of drug-likeness (QED) is 0.859. The van der Waals surface area contributed by atoms with Crippen molar-refractivity contribution in [3.8, 4) is 5.69 Å². The van der Waals surface area contributed by atoms with Crippen LogP contribution in [0.3, 0.4) is 0 Å². The zero-order valence-corrected chi connectivity index (χ0v) is 14.0. The van der Waals surface area contributed by atoms with Gasteiger partial charge >= 0.3 is 0 Å². The van der Waals surface area contributed by atoms with Crippen LogP contribution >= 0.6 is 0 Å². The summed E-state index contributed by atoms with van der Waals surface area (Å²) >= 11 is 0. The monoisotopic (exact) mass is 318 g/mol. The molecule has 0 fully saturated rings. The van der Waals surface area contributed by atoms with Crippen LogP contribution in [0.5, 0.6) is 0 Å². The van der Waals surface area contributed by atoms with Gasteiger partial charge in [0.2, 0.25) is 0 Å². The fourth-order valence-electron chi connectivity index (χ4n) is 2.46. The van der Waals surface area contributed by atoms with Crippen LogP contribution in [0.15, 0.2) is 24.3 Å². The molecule has 0 radical (unpaired) electrons. The second kappa shape index (κ2) is 7.37. The van der Waals surface area contributed by atoms with E-state index in [-0.39, 0.29) is 11.9 Å². The minimum atomic E-state index is -0.469. The van der Waals surface area contributed by atoms with Crippen LogP contribution in [0.2, 0.25) is 0 Å². The number of carbonyl (C=O) groups is 1. The van der Waals surface area contributed by atoms with Gasteiger partial charge in [0.15, 0.2) is 0 Å². The predicted octanol–water partition coefficient (Wildman–Crippen LogP) is 2.36. The van der Waals surface area contributed by atoms with E-state index in [9.17, 15) is 9.18 Å². The number of nitrogens with zero attached hydrogens (tertiary/aromatic N) is 2. The maximum Gasteiger partial charge on any atom is 0.251 e. The molecule has 1 aromatic carbocycles. The SMILES string of the molecule is CCN[C@H](C)CNC(=O)c1ccc(-n2nc(C)cc2C)c(F)c1. The van der Waals surface area contributed by atoms with E-state index in [1.807, 2.05) is 33.8 Å². The van der Waals surface area contributed by atoms with Crippen molar-refractivity contribution in [3.05, 3.63) is 47.0 Å². The van der Waals surface area contributed by atoms with Crippen molar-refractivity contribution in [2.45, 2.75) is 33.7 Å². The lowest BCUT2D eigenvalue weighted by Gasteiger charge is -2.13. The Kier molecular flexibility index (Phi) is 5.50. The zero-order valence-electron chi connectivity index (χ0n) is 14.0. The molecule has 23 heavy (non-hydrogen) atoms. The first-order valence-electron chi connectivity index (χ1n) is 7.77. The lowest BCUT2D eigenvalue weighted by molar-refractivity contribution is 0.0950. The number of carbonyl (C=O) groups excluding carboxylic acids is 1. The van der Waals surface area contributed by atoms with E-state index in [0.717, 1.165) is 17.9 Å². The van der Waals surface area contributed by atoms with Crippen molar-refractivity contribution in [2.75, 3.05) is 13.1 Å². The van der Waals surface area contributed by atoms with Gasteiger partial charge < -0.3 is 10.6 Å². The van der Waals surface area contributed by atoms with Crippen LogP contribution in [0.1, 0.15) is 35.6 Å². The molecule has 0 saturated heterocycles. The normalized spacial score (nSPS) is 12.2. The second-order valence-corrected chi connectivity index (χ2v) is 5.67. The average molecular weight is 318 g/mol. The minimum Gasteiger partial charge on any atom is -0.350 e. The maximum absolute atomic E-state index is 14.4. The maximum atomic E-state index is 14.4. The smallest absolute Gasteiger partial charge is 0.251 e. The summed E-state index contributed by atoms with van der Waals surface area (Å²) in [5.41, 5.74) is 2.31. The number of halogens is 1. The average Bonchev–Trinajstić information content (AvgIpc) is 2.83. The number of nitrogens with one attached hydrogen (secondary N) is 2. The molecular weight excluding hydrogens is 295 g/mol. The van der Waals surface area contributed by atoms with E-state index in [1.54, 1.807) is 16.8 Å². The number of rotatable bonds is 6. The molecule has 6 heteroatoms. The third kappa shape index (κ3) is 4.16. The summed E-state index contributed by atoms with van der Waals surface area (Å²) in [6, 6.07) is 6.49. The van der Waals surface area contributed by atoms with Gasteiger partial charge in [0.05, 0.1) is 5.69 Å². The van der Waals surface area contributed by atoms with Gasteiger partial charge in [0, 0.05) is 23.8 Å². The van der Waals surface area contributed by atoms with Crippen molar-refractivity contribution in [2.24, 2.45) is 0 Å². The summed E-state index contributed by atoms with van der Waals surface area (Å²) in [4.78, 5) is 12.1. The number of benzene rings is 1. The Labute approximate surface area is 135 Å². The van der Waals surface area contributed by atoms with Crippen LogP contribution in [0.25, 0.3) is 5.69 Å². The van der Waals surface area contributed by atoms with Gasteiger partial charge in [-0.25, -0.2) is 9.07 Å². The summed E-state index contributed by atoms with van der Waals surface area (Å²) in [7, 11) is 0. The summed E-state index contributed by atoms with van der Waals surface area (Å²) < 4.78 is 15.9. The van der Waals surface area contributed by atoms with Gasteiger partial charge in [0.25, 0.3) is 5.91 Å². The predicted molar refractivity (Wildman–Crippen MR) is 88.5 cm³/mol. The van der Waals surface area contributed by atoms with Crippen molar-refractivity contribution in [1.82, 2.24) is 20.4 Å². The Hall–Kier alpha value is -2.21. The Morgan fingerprint density at radius 3 is 2.65 bits per heavy atom. The molecule has 1 aromatic heterocycles. The Bertz CT molecular complexity index is 696. The lowest BCUT2D eigenvalue weighted by Crippen LogP contribution is -2.38. The summed E-state index contributed by atoms with van der Waals surface area (Å²) in [6.07, 6.45) is 0. The van der Waals surface area contributed by atoms with Crippen LogP contribution in [0.4, 0.5) is 4.39 Å². The molecule has 0 unspecified atom stereocenters. The molecule has 0 spiro atoms. The first-order chi connectivity index (χ1) is 10.9. The highest BCUT2D eigenvalue weighted by Crippen LogP contribution is 2.17. The highest BCUT2D eigenvalue weighted by Gasteiger charge is 2.13. The van der Waals surface area contributed by atoms with E-state index in [2.05, 4.69) is 15.7 Å². The molecule has 0 aliphatic heterocycles. The van der Waals surface area contributed by atoms with Crippen molar-refractivity contribution < 1.29 is 9.18 Å². The first kappa shape index (κ1) is 17.1. The molecule has 2 N–H and O–H groups in total. The summed E-state index contributed by atoms with van der Waals surface area (Å²) in [5.74, 6) is -0.753. The topological polar surface area (TPSA) is 58.9 Å². The fourth-order valence-corrected chi connectivity index (χ4v) is 2.46. The van der Waals surface area contributed by atoms with Gasteiger partial charge in [-0.15, -0.1) is 0 Å². The molecule has 5 nitrogen and oxygen atoms in total. The first-order valence-corrected chi connectivity index (χ1v) is 7.77. The van der Waals surface area contributed by atoms with E-state index in [4.69, 9.17) is 0 Å². The second-order valence-electron chi connectivity index (χ2n) is 5.67. The standard InChI is InChI=1S/C17H23FN4O/c1-5-19-12(3)10-20-17(23)14-6-7-16(15(18)9-14)22-13(4)8-11(2)21-22/h6-9,12,19H,5,10H2,1-4H3,(H,20,23)/t12-/m1/s1. The number of hydrogen-bond donors (Lipinski definition) is 2. The van der Waals surface area contributed by atoms with E-state index < -0.39 is 5.82 Å². The molecular formula is C17H23FN4O. The molecule has 0 bridgehead atoms. The van der Waals surface area contributed by atoms with Gasteiger partial charge in [-0.3, -0.25) is 4.79 Å². The number of amides is 1. The largest absolute Gasteiger partial charge is 0.350 e. The molecule has 0 aliphatic carbocycles. The van der Waals surface area contributed by atoms with E-state index in [1.165, 1.54) is 6.07 Å². The van der Waals surface area contributed by atoms with Crippen LogP contribution < -0.4 is 10.6 Å². The molecule has 1 atom stereocenters. The van der Waals surface area contributed by atoms with Gasteiger partial charge in [-0.2, -0.15) is 5.10 Å². The van der Waals surface area contributed by atoms with Crippen molar-refractivity contribution in [1.29, 1.82) is 0 Å². The third-order valence-corrected chi connectivity index (χ3v) is 3.57. The van der Waals surface area contributed by atoms with Crippen LogP contribution in [-0.4, -0.2) is 34.8 Å². The molecule has 124 valence electrons. The van der Waals surface area contributed by atoms with Crippen LogP contribution in [-0.2, 0) is 0 Å². The molecule has 1 amide bonds.